The summed E-state index contributed by atoms with van der Waals surface area (Å²) in [4.78, 5) is 17.7. The monoisotopic (exact) mass is 418 g/mol. The number of para-hydroxylation sites is 1. The quantitative estimate of drug-likeness (QED) is 0.517. The molecule has 7 heteroatoms. The van der Waals surface area contributed by atoms with E-state index in [2.05, 4.69) is 20.5 Å². The van der Waals surface area contributed by atoms with Crippen molar-refractivity contribution in [3.8, 4) is 0 Å². The van der Waals surface area contributed by atoms with E-state index in [9.17, 15) is 4.79 Å². The Labute approximate surface area is 174 Å². The number of rotatable bonds is 8. The molecule has 1 atom stereocenters. The van der Waals surface area contributed by atoms with Crippen LogP contribution in [0.5, 0.6) is 0 Å². The number of aromatic amines is 1. The number of aromatic nitrogens is 1. The molecule has 5 nitrogen and oxygen atoms in total. The number of hydrogen-bond acceptors (Lipinski definition) is 4. The van der Waals surface area contributed by atoms with Crippen molar-refractivity contribution in [2.24, 2.45) is 0 Å². The van der Waals surface area contributed by atoms with Crippen LogP contribution in [0.1, 0.15) is 5.56 Å². The van der Waals surface area contributed by atoms with Crippen LogP contribution in [0.25, 0.3) is 10.9 Å². The van der Waals surface area contributed by atoms with Crippen LogP contribution >= 0.6 is 23.2 Å². The molecule has 0 fully saturated rings. The first-order valence-electron chi connectivity index (χ1n) is 9.11. The number of benzene rings is 2. The molecule has 28 heavy (non-hydrogen) atoms. The molecule has 0 aliphatic rings. The lowest BCUT2D eigenvalue weighted by Gasteiger charge is -2.25. The summed E-state index contributed by atoms with van der Waals surface area (Å²) in [5.41, 5.74) is 1.92. The fourth-order valence-corrected chi connectivity index (χ4v) is 3.31. The van der Waals surface area contributed by atoms with Crippen molar-refractivity contribution in [1.29, 1.82) is 0 Å². The SMILES string of the molecule is CN(C)C(CNCc1ccc(Cl)c(Cl)c1)CNc1cc(=O)c2ccccc2[nH]1. The molecule has 3 N–H and O–H groups in total. The zero-order valence-corrected chi connectivity index (χ0v) is 17.4. The van der Waals surface area contributed by atoms with E-state index < -0.39 is 0 Å². The summed E-state index contributed by atoms with van der Waals surface area (Å²) < 4.78 is 0. The van der Waals surface area contributed by atoms with Crippen LogP contribution in [0.4, 0.5) is 5.82 Å². The summed E-state index contributed by atoms with van der Waals surface area (Å²) in [5.74, 6) is 0.722. The molecule has 0 spiro atoms. The summed E-state index contributed by atoms with van der Waals surface area (Å²) >= 11 is 12.0. The Balaban J connectivity index is 1.59. The summed E-state index contributed by atoms with van der Waals surface area (Å²) in [6, 6.07) is 15.0. The molecule has 1 heterocycles. The second-order valence-electron chi connectivity index (χ2n) is 6.97. The molecule has 0 radical (unpaired) electrons. The molecule has 2 aromatic carbocycles. The number of nitrogens with zero attached hydrogens (tertiary/aromatic N) is 1. The summed E-state index contributed by atoms with van der Waals surface area (Å²) in [6.07, 6.45) is 0. The summed E-state index contributed by atoms with van der Waals surface area (Å²) in [6.45, 7) is 2.17. The van der Waals surface area contributed by atoms with Gasteiger partial charge >= 0.3 is 0 Å². The van der Waals surface area contributed by atoms with Gasteiger partial charge in [-0.2, -0.15) is 0 Å². The molecule has 0 saturated heterocycles. The van der Waals surface area contributed by atoms with Gasteiger partial charge in [0.25, 0.3) is 0 Å². The van der Waals surface area contributed by atoms with Crippen molar-refractivity contribution in [3.63, 3.8) is 0 Å². The maximum Gasteiger partial charge on any atom is 0.191 e. The van der Waals surface area contributed by atoms with E-state index in [0.29, 0.717) is 28.5 Å². The highest BCUT2D eigenvalue weighted by Crippen LogP contribution is 2.22. The predicted octanol–water partition coefficient (Wildman–Crippen LogP) is 3.97. The Morgan fingerprint density at radius 2 is 1.82 bits per heavy atom. The number of pyridine rings is 1. The Bertz CT molecular complexity index is 1000. The Hall–Kier alpha value is -2.05. The fraction of sp³-hybridized carbons (Fsp3) is 0.286. The van der Waals surface area contributed by atoms with Gasteiger partial charge in [0.1, 0.15) is 5.82 Å². The van der Waals surface area contributed by atoms with E-state index in [1.165, 1.54) is 0 Å². The van der Waals surface area contributed by atoms with Gasteiger partial charge in [-0.05, 0) is 43.9 Å². The second-order valence-corrected chi connectivity index (χ2v) is 7.78. The molecule has 0 aliphatic carbocycles. The van der Waals surface area contributed by atoms with Crippen molar-refractivity contribution in [2.75, 3.05) is 32.5 Å². The highest BCUT2D eigenvalue weighted by Gasteiger charge is 2.12. The van der Waals surface area contributed by atoms with Crippen LogP contribution in [-0.4, -0.2) is 43.1 Å². The van der Waals surface area contributed by atoms with Gasteiger partial charge in [0.15, 0.2) is 5.43 Å². The van der Waals surface area contributed by atoms with Gasteiger partial charge in [-0.3, -0.25) is 4.79 Å². The van der Waals surface area contributed by atoms with Gasteiger partial charge in [0.2, 0.25) is 0 Å². The largest absolute Gasteiger partial charge is 0.370 e. The second kappa shape index (κ2) is 9.43. The third-order valence-corrected chi connectivity index (χ3v) is 5.43. The minimum atomic E-state index is 0.0102. The van der Waals surface area contributed by atoms with Crippen molar-refractivity contribution in [2.45, 2.75) is 12.6 Å². The zero-order valence-electron chi connectivity index (χ0n) is 15.9. The number of anilines is 1. The minimum Gasteiger partial charge on any atom is -0.370 e. The van der Waals surface area contributed by atoms with Gasteiger partial charge in [-0.25, -0.2) is 0 Å². The van der Waals surface area contributed by atoms with Crippen LogP contribution in [0.2, 0.25) is 10.0 Å². The molecular weight excluding hydrogens is 395 g/mol. The van der Waals surface area contributed by atoms with Crippen LogP contribution in [0, 0.1) is 0 Å². The van der Waals surface area contributed by atoms with Crippen LogP contribution < -0.4 is 16.1 Å². The van der Waals surface area contributed by atoms with Gasteiger partial charge < -0.3 is 20.5 Å². The first kappa shape index (κ1) is 20.7. The fourth-order valence-electron chi connectivity index (χ4n) is 2.99. The number of likely N-dealkylation sites (N-methyl/N-ethyl adjacent to an activating group) is 1. The van der Waals surface area contributed by atoms with Crippen molar-refractivity contribution in [3.05, 3.63) is 74.4 Å². The van der Waals surface area contributed by atoms with E-state index in [0.717, 1.165) is 23.4 Å². The van der Waals surface area contributed by atoms with Gasteiger partial charge in [-0.15, -0.1) is 0 Å². The molecule has 3 aromatic rings. The molecular formula is C21H24Cl2N4O. The first-order valence-corrected chi connectivity index (χ1v) is 9.86. The van der Waals surface area contributed by atoms with Crippen LogP contribution in [-0.2, 0) is 6.54 Å². The molecule has 148 valence electrons. The molecule has 0 saturated carbocycles. The standard InChI is InChI=1S/C21H24Cl2N4O/c1-27(2)15(12-24-11-14-7-8-17(22)18(23)9-14)13-25-21-10-20(28)16-5-3-4-6-19(16)26-21/h3-10,15,24H,11-13H2,1-2H3,(H2,25,26,28). The van der Waals surface area contributed by atoms with E-state index in [1.807, 2.05) is 56.6 Å². The number of H-pyrrole nitrogens is 1. The molecule has 0 amide bonds. The Morgan fingerprint density at radius 3 is 2.57 bits per heavy atom. The van der Waals surface area contributed by atoms with Crippen LogP contribution in [0.15, 0.2) is 53.3 Å². The molecule has 0 bridgehead atoms. The third kappa shape index (κ3) is 5.26. The lowest BCUT2D eigenvalue weighted by molar-refractivity contribution is 0.294. The lowest BCUT2D eigenvalue weighted by Crippen LogP contribution is -2.42. The molecule has 1 unspecified atom stereocenters. The van der Waals surface area contributed by atoms with Crippen molar-refractivity contribution in [1.82, 2.24) is 15.2 Å². The average Bonchev–Trinajstić information content (AvgIpc) is 2.67. The third-order valence-electron chi connectivity index (χ3n) is 4.69. The first-order chi connectivity index (χ1) is 13.4. The highest BCUT2D eigenvalue weighted by atomic mass is 35.5. The maximum atomic E-state index is 12.3. The van der Waals surface area contributed by atoms with E-state index >= 15 is 0 Å². The maximum absolute atomic E-state index is 12.3. The minimum absolute atomic E-state index is 0.0102. The summed E-state index contributed by atoms with van der Waals surface area (Å²) in [5, 5.41) is 8.62. The topological polar surface area (TPSA) is 60.2 Å². The molecule has 1 aromatic heterocycles. The van der Waals surface area contributed by atoms with E-state index in [4.69, 9.17) is 23.2 Å². The van der Waals surface area contributed by atoms with E-state index in [-0.39, 0.29) is 11.5 Å². The van der Waals surface area contributed by atoms with Gasteiger partial charge in [-0.1, -0.05) is 41.4 Å². The van der Waals surface area contributed by atoms with Gasteiger partial charge in [0, 0.05) is 37.1 Å². The number of hydrogen-bond donors (Lipinski definition) is 3. The number of fused-ring (bicyclic) bond motifs is 1. The Morgan fingerprint density at radius 1 is 1.04 bits per heavy atom. The normalized spacial score (nSPS) is 12.5. The Kier molecular flexibility index (Phi) is 6.97. The van der Waals surface area contributed by atoms with Crippen LogP contribution in [0.3, 0.4) is 0 Å². The van der Waals surface area contributed by atoms with E-state index in [1.54, 1.807) is 6.07 Å². The molecule has 0 aliphatic heterocycles. The smallest absolute Gasteiger partial charge is 0.191 e. The number of halogens is 2. The zero-order chi connectivity index (χ0) is 20.1. The average molecular weight is 419 g/mol. The lowest BCUT2D eigenvalue weighted by atomic mass is 10.2. The van der Waals surface area contributed by atoms with Crippen molar-refractivity contribution >= 4 is 39.9 Å². The molecule has 3 rings (SSSR count). The highest BCUT2D eigenvalue weighted by molar-refractivity contribution is 6.42. The summed E-state index contributed by atoms with van der Waals surface area (Å²) in [7, 11) is 4.08. The van der Waals surface area contributed by atoms with Gasteiger partial charge in [0.05, 0.1) is 15.6 Å². The van der Waals surface area contributed by atoms with Crippen molar-refractivity contribution < 1.29 is 0 Å². The number of nitrogens with one attached hydrogen (secondary N) is 3. The predicted molar refractivity (Wildman–Crippen MR) is 119 cm³/mol.